The molecule has 1 amide bonds. The molecule has 1 rings (SSSR count). The van der Waals surface area contributed by atoms with E-state index >= 15 is 0 Å². The van der Waals surface area contributed by atoms with Crippen molar-refractivity contribution in [2.45, 2.75) is 0 Å². The van der Waals surface area contributed by atoms with Crippen LogP contribution in [0.1, 0.15) is 20.7 Å². The van der Waals surface area contributed by atoms with Gasteiger partial charge in [-0.3, -0.25) is 4.79 Å². The van der Waals surface area contributed by atoms with Crippen molar-refractivity contribution < 1.29 is 19.4 Å². The first-order valence-electron chi connectivity index (χ1n) is 4.76. The van der Waals surface area contributed by atoms with Gasteiger partial charge in [0.05, 0.1) is 17.7 Å². The van der Waals surface area contributed by atoms with Gasteiger partial charge in [-0.1, -0.05) is 12.1 Å². The molecule has 0 saturated heterocycles. The van der Waals surface area contributed by atoms with E-state index in [1.54, 1.807) is 12.1 Å². The van der Waals surface area contributed by atoms with Crippen molar-refractivity contribution in [2.75, 3.05) is 20.3 Å². The fourth-order valence-electron chi connectivity index (χ4n) is 1.23. The van der Waals surface area contributed by atoms with Crippen LogP contribution >= 0.6 is 0 Å². The Bertz CT molecular complexity index is 389. The van der Waals surface area contributed by atoms with E-state index in [1.165, 1.54) is 19.2 Å². The second-order valence-corrected chi connectivity index (χ2v) is 3.10. The van der Waals surface area contributed by atoms with Crippen LogP contribution in [0.3, 0.4) is 0 Å². The van der Waals surface area contributed by atoms with E-state index in [2.05, 4.69) is 5.32 Å². The number of carbonyl (C=O) groups is 2. The van der Waals surface area contributed by atoms with Gasteiger partial charge in [-0.2, -0.15) is 0 Å². The van der Waals surface area contributed by atoms with Crippen molar-refractivity contribution in [1.29, 1.82) is 0 Å². The normalized spacial score (nSPS) is 9.81. The molecule has 0 aliphatic rings. The Morgan fingerprint density at radius 1 is 1.31 bits per heavy atom. The Morgan fingerprint density at radius 3 is 2.50 bits per heavy atom. The topological polar surface area (TPSA) is 75.6 Å². The molecule has 0 fully saturated rings. The number of carboxylic acids is 1. The van der Waals surface area contributed by atoms with Crippen LogP contribution in [0.5, 0.6) is 0 Å². The third kappa shape index (κ3) is 3.06. The molecular weight excluding hydrogens is 210 g/mol. The molecule has 0 bridgehead atoms. The second-order valence-electron chi connectivity index (χ2n) is 3.10. The maximum Gasteiger partial charge on any atom is 0.336 e. The lowest BCUT2D eigenvalue weighted by molar-refractivity contribution is 0.0690. The van der Waals surface area contributed by atoms with Gasteiger partial charge in [-0.15, -0.1) is 0 Å². The first-order valence-corrected chi connectivity index (χ1v) is 4.76. The molecule has 1 aromatic rings. The molecule has 0 spiro atoms. The van der Waals surface area contributed by atoms with Gasteiger partial charge in [0.2, 0.25) is 0 Å². The summed E-state index contributed by atoms with van der Waals surface area (Å²) in [4.78, 5) is 22.5. The van der Waals surface area contributed by atoms with Crippen LogP contribution in [0.15, 0.2) is 24.3 Å². The summed E-state index contributed by atoms with van der Waals surface area (Å²) in [6.07, 6.45) is 0. The summed E-state index contributed by atoms with van der Waals surface area (Å²) in [7, 11) is 1.53. The quantitative estimate of drug-likeness (QED) is 0.722. The van der Waals surface area contributed by atoms with Gasteiger partial charge in [-0.25, -0.2) is 4.79 Å². The Kier molecular flexibility index (Phi) is 4.47. The highest BCUT2D eigenvalue weighted by molar-refractivity contribution is 6.04. The van der Waals surface area contributed by atoms with E-state index in [1.807, 2.05) is 0 Å². The number of amides is 1. The average molecular weight is 223 g/mol. The van der Waals surface area contributed by atoms with Crippen LogP contribution in [0.25, 0.3) is 0 Å². The summed E-state index contributed by atoms with van der Waals surface area (Å²) in [5.74, 6) is -1.52. The molecule has 16 heavy (non-hydrogen) atoms. The molecule has 0 unspecified atom stereocenters. The SMILES string of the molecule is COCCNC(=O)c1ccccc1C(=O)O. The van der Waals surface area contributed by atoms with Gasteiger partial charge >= 0.3 is 5.97 Å². The molecule has 0 heterocycles. The lowest BCUT2D eigenvalue weighted by Gasteiger charge is -2.06. The first kappa shape index (κ1) is 12.2. The molecular formula is C11H13NO4. The zero-order valence-corrected chi connectivity index (χ0v) is 8.90. The van der Waals surface area contributed by atoms with E-state index in [-0.39, 0.29) is 11.1 Å². The van der Waals surface area contributed by atoms with Crippen LogP contribution in [0.4, 0.5) is 0 Å². The fourth-order valence-corrected chi connectivity index (χ4v) is 1.23. The van der Waals surface area contributed by atoms with Crippen molar-refractivity contribution >= 4 is 11.9 Å². The van der Waals surface area contributed by atoms with Crippen molar-refractivity contribution in [3.05, 3.63) is 35.4 Å². The molecule has 0 aliphatic carbocycles. The summed E-state index contributed by atoms with van der Waals surface area (Å²) in [5.41, 5.74) is 0.156. The zero-order chi connectivity index (χ0) is 12.0. The third-order valence-electron chi connectivity index (χ3n) is 1.99. The van der Waals surface area contributed by atoms with Gasteiger partial charge in [-0.05, 0) is 12.1 Å². The summed E-state index contributed by atoms with van der Waals surface area (Å²) in [6, 6.07) is 6.08. The summed E-state index contributed by atoms with van der Waals surface area (Å²) in [6.45, 7) is 0.740. The number of rotatable bonds is 5. The molecule has 0 aromatic heterocycles. The summed E-state index contributed by atoms with van der Waals surface area (Å²) < 4.78 is 4.77. The van der Waals surface area contributed by atoms with E-state index < -0.39 is 11.9 Å². The highest BCUT2D eigenvalue weighted by Gasteiger charge is 2.14. The van der Waals surface area contributed by atoms with E-state index in [4.69, 9.17) is 9.84 Å². The third-order valence-corrected chi connectivity index (χ3v) is 1.99. The fraction of sp³-hybridized carbons (Fsp3) is 0.273. The lowest BCUT2D eigenvalue weighted by atomic mass is 10.1. The molecule has 0 saturated carbocycles. The molecule has 0 aliphatic heterocycles. The second kappa shape index (κ2) is 5.87. The van der Waals surface area contributed by atoms with Gasteiger partial charge in [0, 0.05) is 13.7 Å². The first-order chi connectivity index (χ1) is 7.66. The highest BCUT2D eigenvalue weighted by Crippen LogP contribution is 2.08. The number of nitrogens with one attached hydrogen (secondary N) is 1. The van der Waals surface area contributed by atoms with Crippen LogP contribution < -0.4 is 5.32 Å². The molecule has 5 heteroatoms. The van der Waals surface area contributed by atoms with Crippen LogP contribution in [0, 0.1) is 0 Å². The van der Waals surface area contributed by atoms with Crippen LogP contribution in [-0.4, -0.2) is 37.2 Å². The molecule has 2 N–H and O–H groups in total. The monoisotopic (exact) mass is 223 g/mol. The van der Waals surface area contributed by atoms with Gasteiger partial charge in [0.1, 0.15) is 0 Å². The Morgan fingerprint density at radius 2 is 1.94 bits per heavy atom. The van der Waals surface area contributed by atoms with E-state index in [0.717, 1.165) is 0 Å². The number of benzene rings is 1. The smallest absolute Gasteiger partial charge is 0.336 e. The maximum atomic E-state index is 11.6. The van der Waals surface area contributed by atoms with E-state index in [0.29, 0.717) is 13.2 Å². The number of methoxy groups -OCH3 is 1. The minimum atomic E-state index is -1.11. The predicted octanol–water partition coefficient (Wildman–Crippen LogP) is 0.761. The van der Waals surface area contributed by atoms with Gasteiger partial charge in [0.15, 0.2) is 0 Å². The largest absolute Gasteiger partial charge is 0.478 e. The maximum absolute atomic E-state index is 11.6. The number of ether oxygens (including phenoxy) is 1. The number of hydrogen-bond acceptors (Lipinski definition) is 3. The lowest BCUT2D eigenvalue weighted by Crippen LogP contribution is -2.28. The van der Waals surface area contributed by atoms with Crippen molar-refractivity contribution in [2.24, 2.45) is 0 Å². The van der Waals surface area contributed by atoms with Crippen molar-refractivity contribution in [3.8, 4) is 0 Å². The molecule has 0 atom stereocenters. The number of hydrogen-bond donors (Lipinski definition) is 2. The van der Waals surface area contributed by atoms with Crippen LogP contribution in [0.2, 0.25) is 0 Å². The van der Waals surface area contributed by atoms with Crippen molar-refractivity contribution in [1.82, 2.24) is 5.32 Å². The Balaban J connectivity index is 2.78. The summed E-state index contributed by atoms with van der Waals surface area (Å²) in [5, 5.41) is 11.4. The van der Waals surface area contributed by atoms with Crippen molar-refractivity contribution in [3.63, 3.8) is 0 Å². The summed E-state index contributed by atoms with van der Waals surface area (Å²) >= 11 is 0. The minimum Gasteiger partial charge on any atom is -0.478 e. The predicted molar refractivity (Wildman–Crippen MR) is 57.6 cm³/mol. The standard InChI is InChI=1S/C11H13NO4/c1-16-7-6-12-10(13)8-4-2-3-5-9(8)11(14)15/h2-5H,6-7H2,1H3,(H,12,13)(H,14,15). The number of carboxylic acid groups (broad SMARTS) is 1. The molecule has 1 aromatic carbocycles. The van der Waals surface area contributed by atoms with Crippen LogP contribution in [-0.2, 0) is 4.74 Å². The highest BCUT2D eigenvalue weighted by atomic mass is 16.5. The average Bonchev–Trinajstić information content (AvgIpc) is 2.29. The zero-order valence-electron chi connectivity index (χ0n) is 8.90. The molecule has 5 nitrogen and oxygen atoms in total. The minimum absolute atomic E-state index is 0.00239. The Hall–Kier alpha value is -1.88. The van der Waals surface area contributed by atoms with Gasteiger partial charge in [0.25, 0.3) is 5.91 Å². The number of aromatic carboxylic acids is 1. The van der Waals surface area contributed by atoms with E-state index in [9.17, 15) is 9.59 Å². The van der Waals surface area contributed by atoms with Gasteiger partial charge < -0.3 is 15.2 Å². The number of carbonyl (C=O) groups excluding carboxylic acids is 1. The molecule has 0 radical (unpaired) electrons. The Labute approximate surface area is 93.0 Å². The molecule has 86 valence electrons.